The van der Waals surface area contributed by atoms with Crippen molar-refractivity contribution in [1.29, 1.82) is 0 Å². The number of urea groups is 1. The summed E-state index contributed by atoms with van der Waals surface area (Å²) in [4.78, 5) is 20.1. The monoisotopic (exact) mass is 343 g/mol. The number of carbonyl (C=O) groups is 1. The summed E-state index contributed by atoms with van der Waals surface area (Å²) in [7, 11) is 1.92. The Morgan fingerprint density at radius 3 is 2.67 bits per heavy atom. The van der Waals surface area contributed by atoms with Crippen molar-refractivity contribution < 1.29 is 4.79 Å². The quantitative estimate of drug-likeness (QED) is 0.882. The summed E-state index contributed by atoms with van der Waals surface area (Å²) in [6.45, 7) is 2.56. The largest absolute Gasteiger partial charge is 0.333 e. The van der Waals surface area contributed by atoms with Crippen LogP contribution in [-0.4, -0.2) is 29.0 Å². The Labute approximate surface area is 147 Å². The fraction of sp³-hybridized carbons (Fsp3) is 0.474. The van der Waals surface area contributed by atoms with Crippen LogP contribution in [0.1, 0.15) is 42.7 Å². The van der Waals surface area contributed by atoms with Gasteiger partial charge in [-0.15, -0.1) is 11.3 Å². The third-order valence-corrected chi connectivity index (χ3v) is 5.96. The van der Waals surface area contributed by atoms with Gasteiger partial charge in [0.25, 0.3) is 0 Å². The van der Waals surface area contributed by atoms with Gasteiger partial charge in [0.2, 0.25) is 0 Å². The smallest absolute Gasteiger partial charge is 0.317 e. The zero-order chi connectivity index (χ0) is 16.9. The van der Waals surface area contributed by atoms with E-state index in [0.717, 1.165) is 34.0 Å². The van der Waals surface area contributed by atoms with Crippen LogP contribution >= 0.6 is 11.3 Å². The molecule has 5 heteroatoms. The maximum absolute atomic E-state index is 12.4. The van der Waals surface area contributed by atoms with E-state index < -0.39 is 0 Å². The molecule has 0 spiro atoms. The van der Waals surface area contributed by atoms with Gasteiger partial charge in [0.1, 0.15) is 5.01 Å². The number of carbonyl (C=O) groups excluding carboxylic acids is 1. The molecule has 0 unspecified atom stereocenters. The zero-order valence-corrected chi connectivity index (χ0v) is 15.2. The van der Waals surface area contributed by atoms with Gasteiger partial charge in [-0.1, -0.05) is 49.6 Å². The maximum Gasteiger partial charge on any atom is 0.317 e. The highest BCUT2D eigenvalue weighted by Crippen LogP contribution is 2.27. The number of rotatable bonds is 4. The number of aromatic nitrogens is 1. The molecular weight excluding hydrogens is 318 g/mol. The summed E-state index contributed by atoms with van der Waals surface area (Å²) in [6, 6.07) is 10.6. The Morgan fingerprint density at radius 1 is 1.25 bits per heavy atom. The van der Waals surface area contributed by atoms with Gasteiger partial charge in [0, 0.05) is 23.5 Å². The van der Waals surface area contributed by atoms with Crippen molar-refractivity contribution in [3.8, 4) is 10.6 Å². The molecule has 1 saturated carbocycles. The molecule has 0 aliphatic heterocycles. The molecule has 24 heavy (non-hydrogen) atoms. The van der Waals surface area contributed by atoms with Gasteiger partial charge in [-0.2, -0.15) is 0 Å². The minimum absolute atomic E-state index is 0.0240. The summed E-state index contributed by atoms with van der Waals surface area (Å²) in [5.41, 5.74) is 2.13. The van der Waals surface area contributed by atoms with Crippen LogP contribution in [0.25, 0.3) is 10.6 Å². The summed E-state index contributed by atoms with van der Waals surface area (Å²) >= 11 is 1.66. The Kier molecular flexibility index (Phi) is 5.51. The third-order valence-electron chi connectivity index (χ3n) is 4.76. The normalized spacial score (nSPS) is 15.2. The van der Waals surface area contributed by atoms with Crippen LogP contribution in [0.4, 0.5) is 4.79 Å². The first-order chi connectivity index (χ1) is 11.6. The Morgan fingerprint density at radius 2 is 1.96 bits per heavy atom. The van der Waals surface area contributed by atoms with Crippen LogP contribution in [0.15, 0.2) is 30.3 Å². The predicted octanol–water partition coefficient (Wildman–Crippen LogP) is 4.59. The molecule has 3 rings (SSSR count). The molecule has 1 fully saturated rings. The van der Waals surface area contributed by atoms with Crippen LogP contribution in [0, 0.1) is 6.92 Å². The molecule has 0 atom stereocenters. The van der Waals surface area contributed by atoms with Crippen molar-refractivity contribution in [3.63, 3.8) is 0 Å². The molecule has 0 radical (unpaired) electrons. The van der Waals surface area contributed by atoms with E-state index in [1.807, 2.05) is 37.1 Å². The highest BCUT2D eigenvalue weighted by molar-refractivity contribution is 7.15. The van der Waals surface area contributed by atoms with Gasteiger partial charge in [-0.05, 0) is 19.8 Å². The van der Waals surface area contributed by atoms with Crippen molar-refractivity contribution in [2.45, 2.75) is 51.6 Å². The Hall–Kier alpha value is -1.88. The maximum atomic E-state index is 12.4. The van der Waals surface area contributed by atoms with Crippen LogP contribution in [-0.2, 0) is 6.54 Å². The van der Waals surface area contributed by atoms with Crippen molar-refractivity contribution in [2.24, 2.45) is 0 Å². The molecule has 2 aromatic rings. The van der Waals surface area contributed by atoms with Gasteiger partial charge < -0.3 is 10.2 Å². The lowest BCUT2D eigenvalue weighted by molar-refractivity contribution is 0.173. The zero-order valence-electron chi connectivity index (χ0n) is 14.4. The minimum atomic E-state index is 0.0240. The van der Waals surface area contributed by atoms with E-state index in [2.05, 4.69) is 22.4 Å². The van der Waals surface area contributed by atoms with Crippen LogP contribution < -0.4 is 5.32 Å². The van der Waals surface area contributed by atoms with Crippen molar-refractivity contribution >= 4 is 17.4 Å². The molecule has 0 bridgehead atoms. The van der Waals surface area contributed by atoms with E-state index in [0.29, 0.717) is 12.6 Å². The van der Waals surface area contributed by atoms with E-state index in [9.17, 15) is 4.79 Å². The van der Waals surface area contributed by atoms with Gasteiger partial charge in [-0.3, -0.25) is 0 Å². The highest BCUT2D eigenvalue weighted by atomic mass is 32.1. The van der Waals surface area contributed by atoms with E-state index >= 15 is 0 Å². The summed E-state index contributed by atoms with van der Waals surface area (Å²) < 4.78 is 0. The lowest BCUT2D eigenvalue weighted by Gasteiger charge is -2.31. The van der Waals surface area contributed by atoms with Gasteiger partial charge >= 0.3 is 6.03 Å². The number of nitrogens with one attached hydrogen (secondary N) is 1. The van der Waals surface area contributed by atoms with Gasteiger partial charge in [0.05, 0.1) is 12.2 Å². The average molecular weight is 343 g/mol. The third kappa shape index (κ3) is 3.96. The topological polar surface area (TPSA) is 45.2 Å². The van der Waals surface area contributed by atoms with Gasteiger partial charge in [-0.25, -0.2) is 9.78 Å². The first-order valence-corrected chi connectivity index (χ1v) is 9.49. The molecule has 2 amide bonds. The molecule has 0 saturated heterocycles. The number of amides is 2. The molecule has 1 aliphatic carbocycles. The number of aryl methyl sites for hydroxylation is 1. The summed E-state index contributed by atoms with van der Waals surface area (Å²) in [5.74, 6) is 0. The van der Waals surface area contributed by atoms with E-state index in [-0.39, 0.29) is 6.03 Å². The summed E-state index contributed by atoms with van der Waals surface area (Å²) in [6.07, 6.45) is 6.02. The lowest BCUT2D eigenvalue weighted by atomic mass is 9.95. The van der Waals surface area contributed by atoms with Crippen molar-refractivity contribution in [1.82, 2.24) is 15.2 Å². The predicted molar refractivity (Wildman–Crippen MR) is 99.2 cm³/mol. The van der Waals surface area contributed by atoms with E-state index in [4.69, 9.17) is 0 Å². The fourth-order valence-electron chi connectivity index (χ4n) is 3.21. The van der Waals surface area contributed by atoms with Crippen LogP contribution in [0.3, 0.4) is 0 Å². The SMILES string of the molecule is Cc1nc(-c2ccccc2)sc1CNC(=O)N(C)C1CCCCC1. The molecule has 1 aromatic carbocycles. The summed E-state index contributed by atoms with van der Waals surface area (Å²) in [5, 5.41) is 4.07. The molecule has 1 N–H and O–H groups in total. The van der Waals surface area contributed by atoms with E-state index in [1.165, 1.54) is 19.3 Å². The highest BCUT2D eigenvalue weighted by Gasteiger charge is 2.22. The standard InChI is InChI=1S/C19H25N3OS/c1-14-17(24-18(21-14)15-9-5-3-6-10-15)13-20-19(23)22(2)16-11-7-4-8-12-16/h3,5-6,9-10,16H,4,7-8,11-13H2,1-2H3,(H,20,23). The van der Waals surface area contributed by atoms with Crippen molar-refractivity contribution in [3.05, 3.63) is 40.9 Å². The molecule has 1 aliphatic rings. The second-order valence-electron chi connectivity index (χ2n) is 6.46. The molecule has 1 heterocycles. The molecule has 128 valence electrons. The average Bonchev–Trinajstić information content (AvgIpc) is 3.01. The second kappa shape index (κ2) is 7.79. The van der Waals surface area contributed by atoms with Crippen molar-refractivity contribution in [2.75, 3.05) is 7.05 Å². The fourth-order valence-corrected chi connectivity index (χ4v) is 4.22. The number of nitrogens with zero attached hydrogens (tertiary/aromatic N) is 2. The first kappa shape index (κ1) is 17.0. The van der Waals surface area contributed by atoms with Crippen LogP contribution in [0.5, 0.6) is 0 Å². The molecule has 4 nitrogen and oxygen atoms in total. The van der Waals surface area contributed by atoms with E-state index in [1.54, 1.807) is 11.3 Å². The number of hydrogen-bond donors (Lipinski definition) is 1. The Balaban J connectivity index is 1.60. The minimum Gasteiger partial charge on any atom is -0.333 e. The second-order valence-corrected chi connectivity index (χ2v) is 7.54. The number of benzene rings is 1. The lowest BCUT2D eigenvalue weighted by Crippen LogP contribution is -2.44. The number of hydrogen-bond acceptors (Lipinski definition) is 3. The van der Waals surface area contributed by atoms with Crippen LogP contribution in [0.2, 0.25) is 0 Å². The van der Waals surface area contributed by atoms with Gasteiger partial charge in [0.15, 0.2) is 0 Å². The first-order valence-electron chi connectivity index (χ1n) is 8.67. The Bertz CT molecular complexity index is 677. The molecular formula is C19H25N3OS. The molecule has 1 aromatic heterocycles. The number of thiazole rings is 1.